The molecule has 2 aromatic carbocycles. The van der Waals surface area contributed by atoms with Gasteiger partial charge >= 0.3 is 0 Å². The number of aromatic nitrogens is 2. The van der Waals surface area contributed by atoms with E-state index >= 15 is 0 Å². The van der Waals surface area contributed by atoms with Gasteiger partial charge in [-0.15, -0.1) is 0 Å². The van der Waals surface area contributed by atoms with E-state index in [9.17, 15) is 9.50 Å². The topological polar surface area (TPSA) is 46.0 Å². The molecule has 0 spiro atoms. The van der Waals surface area contributed by atoms with Crippen molar-refractivity contribution in [3.63, 3.8) is 0 Å². The highest BCUT2D eigenvalue weighted by Gasteiger charge is 2.26. The van der Waals surface area contributed by atoms with Crippen LogP contribution in [-0.4, -0.2) is 15.1 Å². The molecule has 1 unspecified atom stereocenters. The molecule has 0 saturated carbocycles. The van der Waals surface area contributed by atoms with Gasteiger partial charge in [-0.3, -0.25) is 4.98 Å². The van der Waals surface area contributed by atoms with Crippen molar-refractivity contribution in [2.24, 2.45) is 0 Å². The van der Waals surface area contributed by atoms with Crippen molar-refractivity contribution in [1.82, 2.24) is 9.97 Å². The molecular weight excluding hydrogens is 387 g/mol. The number of aryl methyl sites for hydroxylation is 2. The summed E-state index contributed by atoms with van der Waals surface area (Å²) >= 11 is 6.41. The van der Waals surface area contributed by atoms with Crippen LogP contribution in [0.2, 0.25) is 5.02 Å². The van der Waals surface area contributed by atoms with Gasteiger partial charge in [0.05, 0.1) is 0 Å². The first-order valence-electron chi connectivity index (χ1n) is 9.39. The number of benzene rings is 2. The summed E-state index contributed by atoms with van der Waals surface area (Å²) in [4.78, 5) is 9.05. The van der Waals surface area contributed by atoms with Crippen molar-refractivity contribution in [1.29, 1.82) is 0 Å². The van der Waals surface area contributed by atoms with Crippen LogP contribution < -0.4 is 0 Å². The molecule has 5 heteroatoms. The fourth-order valence-electron chi connectivity index (χ4n) is 3.70. The Labute approximate surface area is 173 Å². The van der Waals surface area contributed by atoms with Crippen LogP contribution in [0, 0.1) is 19.7 Å². The summed E-state index contributed by atoms with van der Waals surface area (Å²) in [5.74, 6) is -0.875. The highest BCUT2D eigenvalue weighted by atomic mass is 35.5. The van der Waals surface area contributed by atoms with Crippen LogP contribution in [0.3, 0.4) is 0 Å². The molecule has 1 atom stereocenters. The number of phenols is 1. The van der Waals surface area contributed by atoms with Gasteiger partial charge in [-0.25, -0.2) is 9.37 Å². The van der Waals surface area contributed by atoms with Crippen molar-refractivity contribution in [3.8, 4) is 5.75 Å². The van der Waals surface area contributed by atoms with Gasteiger partial charge in [0.1, 0.15) is 17.1 Å². The molecule has 0 aliphatic rings. The molecule has 4 rings (SSSR count). The molecule has 0 bridgehead atoms. The first-order chi connectivity index (χ1) is 13.9. The molecule has 3 nitrogen and oxygen atoms in total. The quantitative estimate of drug-likeness (QED) is 0.444. The van der Waals surface area contributed by atoms with Gasteiger partial charge in [-0.05, 0) is 44.2 Å². The maximum absolute atomic E-state index is 14.9. The number of hydrogen-bond donors (Lipinski definition) is 1. The molecule has 146 valence electrons. The molecule has 4 aromatic rings. The van der Waals surface area contributed by atoms with Gasteiger partial charge in [0.2, 0.25) is 0 Å². The summed E-state index contributed by atoms with van der Waals surface area (Å²) in [6.07, 6.45) is 0.396. The first-order valence-corrected chi connectivity index (χ1v) is 9.77. The second-order valence-electron chi connectivity index (χ2n) is 7.19. The third-order valence-corrected chi connectivity index (χ3v) is 5.42. The van der Waals surface area contributed by atoms with Crippen LogP contribution in [0.1, 0.15) is 34.1 Å². The summed E-state index contributed by atoms with van der Waals surface area (Å²) in [5, 5.41) is 12.2. The SMILES string of the molecule is Cc1cccc(CC(c2ccc3ccc(C)nc3c2O)c2c(F)cccc2Cl)n1. The van der Waals surface area contributed by atoms with Crippen molar-refractivity contribution in [3.05, 3.63) is 99.7 Å². The van der Waals surface area contributed by atoms with Crippen LogP contribution in [-0.2, 0) is 6.42 Å². The molecule has 0 saturated heterocycles. The average Bonchev–Trinajstić information content (AvgIpc) is 2.68. The second kappa shape index (κ2) is 7.80. The summed E-state index contributed by atoms with van der Waals surface area (Å²) < 4.78 is 14.9. The minimum Gasteiger partial charge on any atom is -0.505 e. The van der Waals surface area contributed by atoms with Crippen molar-refractivity contribution in [2.75, 3.05) is 0 Å². The zero-order chi connectivity index (χ0) is 20.5. The minimum atomic E-state index is -0.510. The van der Waals surface area contributed by atoms with E-state index < -0.39 is 11.7 Å². The number of halogens is 2. The Balaban J connectivity index is 1.93. The van der Waals surface area contributed by atoms with E-state index in [-0.39, 0.29) is 5.75 Å². The lowest BCUT2D eigenvalue weighted by Gasteiger charge is -2.21. The summed E-state index contributed by atoms with van der Waals surface area (Å²) in [6.45, 7) is 3.78. The number of phenolic OH excluding ortho intramolecular Hbond substituents is 1. The van der Waals surface area contributed by atoms with Gasteiger partial charge in [0.15, 0.2) is 0 Å². The molecule has 0 fully saturated rings. The third-order valence-electron chi connectivity index (χ3n) is 5.09. The van der Waals surface area contributed by atoms with E-state index in [1.54, 1.807) is 12.1 Å². The van der Waals surface area contributed by atoms with Crippen LogP contribution in [0.15, 0.2) is 60.7 Å². The summed E-state index contributed by atoms with van der Waals surface area (Å²) in [5.41, 5.74) is 3.89. The standard InChI is InChI=1S/C24H20ClFN2O/c1-14-5-3-6-17(27-14)13-19(22-20(25)7-4-8-21(22)26)18-12-11-16-10-9-15(2)28-23(16)24(18)29/h3-12,19,29H,13H2,1-2H3. The minimum absolute atomic E-state index is 0.0446. The first kappa shape index (κ1) is 19.3. The summed E-state index contributed by atoms with van der Waals surface area (Å²) in [6, 6.07) is 17.9. The summed E-state index contributed by atoms with van der Waals surface area (Å²) in [7, 11) is 0. The predicted molar refractivity (Wildman–Crippen MR) is 114 cm³/mol. The van der Waals surface area contributed by atoms with Crippen LogP contribution in [0.5, 0.6) is 5.75 Å². The maximum Gasteiger partial charge on any atom is 0.145 e. The van der Waals surface area contributed by atoms with Gasteiger partial charge in [-0.2, -0.15) is 0 Å². The predicted octanol–water partition coefficient (Wildman–Crippen LogP) is 6.12. The van der Waals surface area contributed by atoms with E-state index in [0.29, 0.717) is 28.1 Å². The molecule has 2 heterocycles. The Morgan fingerprint density at radius 2 is 1.66 bits per heavy atom. The zero-order valence-electron chi connectivity index (χ0n) is 16.2. The number of pyridine rings is 2. The maximum atomic E-state index is 14.9. The fraction of sp³-hybridized carbons (Fsp3) is 0.167. The lowest BCUT2D eigenvalue weighted by molar-refractivity contribution is 0.468. The van der Waals surface area contributed by atoms with Crippen molar-refractivity contribution < 1.29 is 9.50 Å². The van der Waals surface area contributed by atoms with Crippen molar-refractivity contribution >= 4 is 22.5 Å². The number of nitrogens with zero attached hydrogens (tertiary/aromatic N) is 2. The highest BCUT2D eigenvalue weighted by molar-refractivity contribution is 6.31. The van der Waals surface area contributed by atoms with Gasteiger partial charge < -0.3 is 5.11 Å². The number of fused-ring (bicyclic) bond motifs is 1. The zero-order valence-corrected chi connectivity index (χ0v) is 16.9. The van der Waals surface area contributed by atoms with E-state index in [1.165, 1.54) is 6.07 Å². The van der Waals surface area contributed by atoms with E-state index in [2.05, 4.69) is 9.97 Å². The van der Waals surface area contributed by atoms with Gasteiger partial charge in [0.25, 0.3) is 0 Å². The Kier molecular flexibility index (Phi) is 5.20. The Morgan fingerprint density at radius 3 is 2.41 bits per heavy atom. The number of rotatable bonds is 4. The van der Waals surface area contributed by atoms with E-state index in [4.69, 9.17) is 11.6 Å². The molecule has 2 aromatic heterocycles. The molecule has 0 aliphatic heterocycles. The van der Waals surface area contributed by atoms with E-state index in [0.717, 1.165) is 22.5 Å². The Bertz CT molecular complexity index is 1190. The lowest BCUT2D eigenvalue weighted by atomic mass is 9.85. The van der Waals surface area contributed by atoms with Crippen LogP contribution >= 0.6 is 11.6 Å². The number of aromatic hydroxyl groups is 1. The molecule has 0 radical (unpaired) electrons. The van der Waals surface area contributed by atoms with Gasteiger partial charge in [0, 0.05) is 51.0 Å². The van der Waals surface area contributed by atoms with E-state index in [1.807, 2.05) is 56.3 Å². The van der Waals surface area contributed by atoms with Crippen LogP contribution in [0.25, 0.3) is 10.9 Å². The van der Waals surface area contributed by atoms with Gasteiger partial charge in [-0.1, -0.05) is 41.9 Å². The Hall–Kier alpha value is -2.98. The molecule has 1 N–H and O–H groups in total. The van der Waals surface area contributed by atoms with Crippen molar-refractivity contribution in [2.45, 2.75) is 26.2 Å². The smallest absolute Gasteiger partial charge is 0.145 e. The monoisotopic (exact) mass is 406 g/mol. The molecular formula is C24H20ClFN2O. The second-order valence-corrected chi connectivity index (χ2v) is 7.60. The largest absolute Gasteiger partial charge is 0.505 e. The lowest BCUT2D eigenvalue weighted by Crippen LogP contribution is -2.10. The highest BCUT2D eigenvalue weighted by Crippen LogP contribution is 2.41. The normalized spacial score (nSPS) is 12.3. The average molecular weight is 407 g/mol. The Morgan fingerprint density at radius 1 is 0.931 bits per heavy atom. The van der Waals surface area contributed by atoms with Crippen LogP contribution in [0.4, 0.5) is 4.39 Å². The number of hydrogen-bond acceptors (Lipinski definition) is 3. The third kappa shape index (κ3) is 3.81. The molecule has 0 amide bonds. The fourth-order valence-corrected chi connectivity index (χ4v) is 4.00. The molecule has 29 heavy (non-hydrogen) atoms. The molecule has 0 aliphatic carbocycles.